The fourth-order valence-corrected chi connectivity index (χ4v) is 2.61. The minimum absolute atomic E-state index is 0.670. The van der Waals surface area contributed by atoms with Crippen LogP contribution in [0.4, 0.5) is 0 Å². The molecule has 0 unspecified atom stereocenters. The molecule has 0 aromatic heterocycles. The maximum absolute atomic E-state index is 6.26. The monoisotopic (exact) mass is 284 g/mol. The molecular formula is C14H11Cl3. The van der Waals surface area contributed by atoms with E-state index >= 15 is 0 Å². The predicted molar refractivity (Wildman–Crippen MR) is 76.4 cm³/mol. The molecule has 0 saturated carbocycles. The number of benzene rings is 2. The lowest BCUT2D eigenvalue weighted by molar-refractivity contribution is 1.43. The molecule has 0 bridgehead atoms. The number of rotatable bonds is 1. The zero-order valence-corrected chi connectivity index (χ0v) is 11.8. The molecule has 0 amide bonds. The fourth-order valence-electron chi connectivity index (χ4n) is 1.81. The molecule has 0 saturated heterocycles. The van der Waals surface area contributed by atoms with Crippen molar-refractivity contribution in [3.8, 4) is 11.1 Å². The minimum atomic E-state index is 0.670. The van der Waals surface area contributed by atoms with E-state index in [-0.39, 0.29) is 0 Å². The summed E-state index contributed by atoms with van der Waals surface area (Å²) < 4.78 is 0. The van der Waals surface area contributed by atoms with Crippen molar-refractivity contribution in [2.45, 2.75) is 13.8 Å². The van der Waals surface area contributed by atoms with Crippen LogP contribution in [0.5, 0.6) is 0 Å². The second-order valence-electron chi connectivity index (χ2n) is 4.01. The summed E-state index contributed by atoms with van der Waals surface area (Å²) in [5.41, 5.74) is 3.87. The van der Waals surface area contributed by atoms with E-state index in [1.54, 1.807) is 0 Å². The molecular weight excluding hydrogens is 275 g/mol. The third-order valence-electron chi connectivity index (χ3n) is 2.74. The maximum Gasteiger partial charge on any atom is 0.0488 e. The molecule has 0 aliphatic carbocycles. The lowest BCUT2D eigenvalue weighted by Gasteiger charge is -2.12. The molecule has 0 aliphatic rings. The molecule has 2 aromatic carbocycles. The number of hydrogen-bond donors (Lipinski definition) is 0. The van der Waals surface area contributed by atoms with Gasteiger partial charge in [-0.25, -0.2) is 0 Å². The highest BCUT2D eigenvalue weighted by Crippen LogP contribution is 2.38. The molecule has 0 aliphatic heterocycles. The Kier molecular flexibility index (Phi) is 3.67. The van der Waals surface area contributed by atoms with Gasteiger partial charge in [-0.2, -0.15) is 0 Å². The second-order valence-corrected chi connectivity index (χ2v) is 5.23. The normalized spacial score (nSPS) is 10.6. The SMILES string of the molecule is Cc1cc(Cl)c(-c2c(C)cccc2Cl)cc1Cl. The van der Waals surface area contributed by atoms with Crippen LogP contribution in [0.2, 0.25) is 15.1 Å². The van der Waals surface area contributed by atoms with Gasteiger partial charge in [-0.15, -0.1) is 0 Å². The van der Waals surface area contributed by atoms with Gasteiger partial charge in [0.25, 0.3) is 0 Å². The molecule has 0 atom stereocenters. The van der Waals surface area contributed by atoms with Crippen molar-refractivity contribution >= 4 is 34.8 Å². The molecule has 0 nitrogen and oxygen atoms in total. The van der Waals surface area contributed by atoms with Crippen LogP contribution < -0.4 is 0 Å². The van der Waals surface area contributed by atoms with Crippen LogP contribution in [0.15, 0.2) is 30.3 Å². The van der Waals surface area contributed by atoms with Gasteiger partial charge in [0.1, 0.15) is 0 Å². The standard InChI is InChI=1S/C14H11Cl3/c1-8-4-3-5-11(15)14(8)10-7-12(16)9(2)6-13(10)17/h3-7H,1-2H3. The summed E-state index contributed by atoms with van der Waals surface area (Å²) in [5.74, 6) is 0. The van der Waals surface area contributed by atoms with Crippen molar-refractivity contribution in [1.29, 1.82) is 0 Å². The molecule has 17 heavy (non-hydrogen) atoms. The lowest BCUT2D eigenvalue weighted by Crippen LogP contribution is -1.88. The first-order valence-electron chi connectivity index (χ1n) is 5.22. The van der Waals surface area contributed by atoms with Crippen molar-refractivity contribution in [1.82, 2.24) is 0 Å². The Morgan fingerprint density at radius 2 is 1.47 bits per heavy atom. The van der Waals surface area contributed by atoms with Gasteiger partial charge < -0.3 is 0 Å². The lowest BCUT2D eigenvalue weighted by atomic mass is 9.99. The average molecular weight is 286 g/mol. The van der Waals surface area contributed by atoms with Gasteiger partial charge in [0.05, 0.1) is 0 Å². The van der Waals surface area contributed by atoms with Gasteiger partial charge in [0.15, 0.2) is 0 Å². The highest BCUT2D eigenvalue weighted by atomic mass is 35.5. The zero-order valence-electron chi connectivity index (χ0n) is 9.52. The summed E-state index contributed by atoms with van der Waals surface area (Å²) in [6, 6.07) is 9.51. The van der Waals surface area contributed by atoms with E-state index in [1.807, 2.05) is 44.2 Å². The number of hydrogen-bond acceptors (Lipinski definition) is 0. The number of halogens is 3. The van der Waals surface area contributed by atoms with E-state index < -0.39 is 0 Å². The summed E-state index contributed by atoms with van der Waals surface area (Å²) in [7, 11) is 0. The van der Waals surface area contributed by atoms with Gasteiger partial charge in [0.2, 0.25) is 0 Å². The molecule has 3 heteroatoms. The summed E-state index contributed by atoms with van der Waals surface area (Å²) in [6.45, 7) is 3.93. The third kappa shape index (κ3) is 2.44. The summed E-state index contributed by atoms with van der Waals surface area (Å²) in [4.78, 5) is 0. The smallest absolute Gasteiger partial charge is 0.0488 e. The fraction of sp³-hybridized carbons (Fsp3) is 0.143. The highest BCUT2D eigenvalue weighted by molar-refractivity contribution is 6.38. The van der Waals surface area contributed by atoms with E-state index in [0.29, 0.717) is 15.1 Å². The van der Waals surface area contributed by atoms with Gasteiger partial charge in [0, 0.05) is 26.2 Å². The largest absolute Gasteiger partial charge is 0.0840 e. The van der Waals surface area contributed by atoms with Crippen LogP contribution in [0.3, 0.4) is 0 Å². The van der Waals surface area contributed by atoms with E-state index in [4.69, 9.17) is 34.8 Å². The first-order chi connectivity index (χ1) is 8.00. The van der Waals surface area contributed by atoms with Gasteiger partial charge in [-0.1, -0.05) is 46.9 Å². The van der Waals surface area contributed by atoms with Crippen LogP contribution in [0.1, 0.15) is 11.1 Å². The van der Waals surface area contributed by atoms with Gasteiger partial charge in [-0.05, 0) is 43.2 Å². The Balaban J connectivity index is 2.73. The van der Waals surface area contributed by atoms with Crippen LogP contribution in [-0.4, -0.2) is 0 Å². The van der Waals surface area contributed by atoms with Crippen LogP contribution in [-0.2, 0) is 0 Å². The van der Waals surface area contributed by atoms with Crippen LogP contribution >= 0.6 is 34.8 Å². The molecule has 0 fully saturated rings. The minimum Gasteiger partial charge on any atom is -0.0840 e. The van der Waals surface area contributed by atoms with E-state index in [1.165, 1.54) is 0 Å². The first-order valence-corrected chi connectivity index (χ1v) is 6.35. The van der Waals surface area contributed by atoms with Gasteiger partial charge in [-0.3, -0.25) is 0 Å². The Bertz CT molecular complexity index is 554. The molecule has 2 rings (SSSR count). The Morgan fingerprint density at radius 3 is 2.12 bits per heavy atom. The molecule has 0 spiro atoms. The van der Waals surface area contributed by atoms with Crippen molar-refractivity contribution in [3.63, 3.8) is 0 Å². The predicted octanol–water partition coefficient (Wildman–Crippen LogP) is 5.93. The van der Waals surface area contributed by atoms with E-state index in [0.717, 1.165) is 22.3 Å². The van der Waals surface area contributed by atoms with Crippen molar-refractivity contribution < 1.29 is 0 Å². The average Bonchev–Trinajstić information content (AvgIpc) is 2.25. The number of aryl methyl sites for hydroxylation is 2. The molecule has 0 N–H and O–H groups in total. The second kappa shape index (κ2) is 4.89. The summed E-state index contributed by atoms with van der Waals surface area (Å²) in [5, 5.41) is 2.05. The summed E-state index contributed by atoms with van der Waals surface area (Å²) >= 11 is 18.6. The van der Waals surface area contributed by atoms with Crippen molar-refractivity contribution in [3.05, 3.63) is 56.5 Å². The Labute approximate surface area is 116 Å². The molecule has 0 heterocycles. The van der Waals surface area contributed by atoms with Crippen molar-refractivity contribution in [2.75, 3.05) is 0 Å². The van der Waals surface area contributed by atoms with Crippen LogP contribution in [0, 0.1) is 13.8 Å². The molecule has 2 aromatic rings. The van der Waals surface area contributed by atoms with Crippen molar-refractivity contribution in [2.24, 2.45) is 0 Å². The first kappa shape index (κ1) is 12.8. The topological polar surface area (TPSA) is 0 Å². The summed E-state index contributed by atoms with van der Waals surface area (Å²) in [6.07, 6.45) is 0. The third-order valence-corrected chi connectivity index (χ3v) is 3.77. The Hall–Kier alpha value is -0.690. The van der Waals surface area contributed by atoms with Gasteiger partial charge >= 0.3 is 0 Å². The van der Waals surface area contributed by atoms with E-state index in [2.05, 4.69) is 0 Å². The molecule has 88 valence electrons. The Morgan fingerprint density at radius 1 is 0.765 bits per heavy atom. The zero-order chi connectivity index (χ0) is 12.6. The highest BCUT2D eigenvalue weighted by Gasteiger charge is 2.12. The van der Waals surface area contributed by atoms with Crippen LogP contribution in [0.25, 0.3) is 11.1 Å². The maximum atomic E-state index is 6.26. The van der Waals surface area contributed by atoms with E-state index in [9.17, 15) is 0 Å². The quantitative estimate of drug-likeness (QED) is 0.609. The molecule has 0 radical (unpaired) electrons.